The van der Waals surface area contributed by atoms with Gasteiger partial charge in [-0.2, -0.15) is 0 Å². The molecule has 0 aromatic carbocycles. The van der Waals surface area contributed by atoms with Crippen LogP contribution in [0.2, 0.25) is 0 Å². The van der Waals surface area contributed by atoms with E-state index >= 15 is 0 Å². The molecule has 124 valence electrons. The zero-order valence-corrected chi connectivity index (χ0v) is 13.6. The van der Waals surface area contributed by atoms with Crippen molar-refractivity contribution in [1.82, 2.24) is 14.5 Å². The van der Waals surface area contributed by atoms with Gasteiger partial charge in [-0.15, -0.1) is 0 Å². The molecule has 2 aliphatic rings. The summed E-state index contributed by atoms with van der Waals surface area (Å²) in [6.07, 6.45) is 6.70. The van der Waals surface area contributed by atoms with E-state index in [1.807, 2.05) is 19.4 Å². The van der Waals surface area contributed by atoms with E-state index in [0.717, 1.165) is 38.5 Å². The van der Waals surface area contributed by atoms with Crippen molar-refractivity contribution in [2.75, 3.05) is 46.6 Å². The van der Waals surface area contributed by atoms with Gasteiger partial charge in [0.1, 0.15) is 11.9 Å². The first-order valence-corrected chi connectivity index (χ1v) is 8.19. The number of nitrogens with zero attached hydrogens (tertiary/aromatic N) is 3. The molecular formula is C16H27N3O3. The Morgan fingerprint density at radius 2 is 2.23 bits per heavy atom. The SMILES string of the molecule is COCCOC1CN(C[C@@H]2CCCO[C@H]2c2nccn2C)C1. The average Bonchev–Trinajstić information content (AvgIpc) is 2.91. The lowest BCUT2D eigenvalue weighted by molar-refractivity contribution is -0.0939. The molecular weight excluding hydrogens is 282 g/mol. The molecule has 22 heavy (non-hydrogen) atoms. The minimum atomic E-state index is 0.127. The summed E-state index contributed by atoms with van der Waals surface area (Å²) in [6.45, 7) is 5.32. The first-order chi connectivity index (χ1) is 10.8. The number of imidazole rings is 1. The largest absolute Gasteiger partial charge is 0.382 e. The van der Waals surface area contributed by atoms with Crippen LogP contribution >= 0.6 is 0 Å². The first kappa shape index (κ1) is 15.9. The van der Waals surface area contributed by atoms with E-state index in [1.54, 1.807) is 7.11 Å². The fraction of sp³-hybridized carbons (Fsp3) is 0.812. The molecule has 3 rings (SSSR count). The van der Waals surface area contributed by atoms with Crippen molar-refractivity contribution < 1.29 is 14.2 Å². The molecule has 0 aliphatic carbocycles. The topological polar surface area (TPSA) is 48.8 Å². The zero-order valence-electron chi connectivity index (χ0n) is 13.6. The molecule has 6 heteroatoms. The molecule has 0 radical (unpaired) electrons. The predicted molar refractivity (Wildman–Crippen MR) is 82.7 cm³/mol. The van der Waals surface area contributed by atoms with E-state index < -0.39 is 0 Å². The number of hydrogen-bond donors (Lipinski definition) is 0. The number of likely N-dealkylation sites (tertiary alicyclic amines) is 1. The van der Waals surface area contributed by atoms with Gasteiger partial charge in [0.15, 0.2) is 0 Å². The Morgan fingerprint density at radius 3 is 2.95 bits per heavy atom. The van der Waals surface area contributed by atoms with Gasteiger partial charge in [0.25, 0.3) is 0 Å². The summed E-state index contributed by atoms with van der Waals surface area (Å²) in [5.41, 5.74) is 0. The molecule has 6 nitrogen and oxygen atoms in total. The van der Waals surface area contributed by atoms with Crippen molar-refractivity contribution in [2.24, 2.45) is 13.0 Å². The number of rotatable bonds is 7. The Morgan fingerprint density at radius 1 is 1.36 bits per heavy atom. The lowest BCUT2D eigenvalue weighted by Gasteiger charge is -2.43. The predicted octanol–water partition coefficient (Wildman–Crippen LogP) is 1.23. The second kappa shape index (κ2) is 7.55. The molecule has 0 spiro atoms. The minimum absolute atomic E-state index is 0.127. The van der Waals surface area contributed by atoms with Crippen LogP contribution in [0.4, 0.5) is 0 Å². The molecule has 2 fully saturated rings. The maximum atomic E-state index is 6.03. The minimum Gasteiger partial charge on any atom is -0.382 e. The van der Waals surface area contributed by atoms with Crippen LogP contribution in [0.5, 0.6) is 0 Å². The molecule has 0 unspecified atom stereocenters. The Kier molecular flexibility index (Phi) is 5.46. The van der Waals surface area contributed by atoms with Crippen LogP contribution in [-0.2, 0) is 21.3 Å². The van der Waals surface area contributed by atoms with Gasteiger partial charge < -0.3 is 18.8 Å². The van der Waals surface area contributed by atoms with Crippen molar-refractivity contribution in [1.29, 1.82) is 0 Å². The third kappa shape index (κ3) is 3.68. The van der Waals surface area contributed by atoms with Crippen LogP contribution in [0.1, 0.15) is 24.8 Å². The Labute approximate surface area is 132 Å². The lowest BCUT2D eigenvalue weighted by atomic mass is 9.91. The van der Waals surface area contributed by atoms with Crippen LogP contribution < -0.4 is 0 Å². The molecule has 0 bridgehead atoms. The number of methoxy groups -OCH3 is 1. The number of aromatic nitrogens is 2. The third-order valence-electron chi connectivity index (χ3n) is 4.62. The summed E-state index contributed by atoms with van der Waals surface area (Å²) >= 11 is 0. The molecule has 2 atom stereocenters. The highest BCUT2D eigenvalue weighted by atomic mass is 16.5. The van der Waals surface area contributed by atoms with Crippen molar-refractivity contribution in [3.05, 3.63) is 18.2 Å². The quantitative estimate of drug-likeness (QED) is 0.709. The average molecular weight is 309 g/mol. The van der Waals surface area contributed by atoms with E-state index in [1.165, 1.54) is 6.42 Å². The number of aryl methyl sites for hydroxylation is 1. The van der Waals surface area contributed by atoms with Crippen LogP contribution in [-0.4, -0.2) is 67.1 Å². The van der Waals surface area contributed by atoms with E-state index in [-0.39, 0.29) is 6.10 Å². The highest BCUT2D eigenvalue weighted by Gasteiger charge is 2.35. The zero-order chi connectivity index (χ0) is 15.4. The van der Waals surface area contributed by atoms with Gasteiger partial charge >= 0.3 is 0 Å². The van der Waals surface area contributed by atoms with Gasteiger partial charge in [0.05, 0.1) is 19.3 Å². The van der Waals surface area contributed by atoms with Gasteiger partial charge in [-0.05, 0) is 12.8 Å². The molecule has 0 amide bonds. The third-order valence-corrected chi connectivity index (χ3v) is 4.62. The number of ether oxygens (including phenoxy) is 3. The summed E-state index contributed by atoms with van der Waals surface area (Å²) < 4.78 is 18.9. The van der Waals surface area contributed by atoms with E-state index in [0.29, 0.717) is 25.2 Å². The first-order valence-electron chi connectivity index (χ1n) is 8.19. The molecule has 1 aromatic heterocycles. The maximum absolute atomic E-state index is 6.03. The van der Waals surface area contributed by atoms with Gasteiger partial charge in [0.2, 0.25) is 0 Å². The summed E-state index contributed by atoms with van der Waals surface area (Å²) in [4.78, 5) is 6.95. The molecule has 2 aliphatic heterocycles. The van der Waals surface area contributed by atoms with E-state index in [9.17, 15) is 0 Å². The number of hydrogen-bond acceptors (Lipinski definition) is 5. The molecule has 0 N–H and O–H groups in total. The van der Waals surface area contributed by atoms with E-state index in [4.69, 9.17) is 14.2 Å². The van der Waals surface area contributed by atoms with Crippen LogP contribution in [0, 0.1) is 5.92 Å². The van der Waals surface area contributed by atoms with Crippen molar-refractivity contribution >= 4 is 0 Å². The monoisotopic (exact) mass is 309 g/mol. The smallest absolute Gasteiger partial charge is 0.137 e. The van der Waals surface area contributed by atoms with Crippen LogP contribution in [0.15, 0.2) is 12.4 Å². The van der Waals surface area contributed by atoms with Crippen molar-refractivity contribution in [3.8, 4) is 0 Å². The summed E-state index contributed by atoms with van der Waals surface area (Å²) in [5.74, 6) is 1.58. The van der Waals surface area contributed by atoms with Crippen LogP contribution in [0.3, 0.4) is 0 Å². The highest BCUT2D eigenvalue weighted by Crippen LogP contribution is 2.34. The van der Waals surface area contributed by atoms with Gasteiger partial charge in [-0.25, -0.2) is 4.98 Å². The van der Waals surface area contributed by atoms with Gasteiger partial charge in [-0.1, -0.05) is 0 Å². The van der Waals surface area contributed by atoms with Crippen molar-refractivity contribution in [2.45, 2.75) is 25.0 Å². The molecule has 2 saturated heterocycles. The fourth-order valence-corrected chi connectivity index (χ4v) is 3.37. The summed E-state index contributed by atoms with van der Waals surface area (Å²) in [6, 6.07) is 0. The second-order valence-electron chi connectivity index (χ2n) is 6.29. The Balaban J connectivity index is 1.48. The normalized spacial score (nSPS) is 27.0. The highest BCUT2D eigenvalue weighted by molar-refractivity contribution is 5.00. The summed E-state index contributed by atoms with van der Waals surface area (Å²) in [7, 11) is 3.75. The standard InChI is InChI=1S/C16H27N3O3/c1-18-6-5-17-16(18)15-13(4-3-7-22-15)10-19-11-14(12-19)21-9-8-20-2/h5-6,13-15H,3-4,7-12H2,1-2H3/t13-,15+/m0/s1. The van der Waals surface area contributed by atoms with Gasteiger partial charge in [-0.3, -0.25) is 4.90 Å². The van der Waals surface area contributed by atoms with Gasteiger partial charge in [0, 0.05) is 58.7 Å². The second-order valence-corrected chi connectivity index (χ2v) is 6.29. The lowest BCUT2D eigenvalue weighted by Crippen LogP contribution is -2.54. The molecule has 0 saturated carbocycles. The van der Waals surface area contributed by atoms with E-state index in [2.05, 4.69) is 14.5 Å². The fourth-order valence-electron chi connectivity index (χ4n) is 3.37. The van der Waals surface area contributed by atoms with Crippen molar-refractivity contribution in [3.63, 3.8) is 0 Å². The Hall–Kier alpha value is -0.950. The summed E-state index contributed by atoms with van der Waals surface area (Å²) in [5, 5.41) is 0. The van der Waals surface area contributed by atoms with Crippen LogP contribution in [0.25, 0.3) is 0 Å². The molecule has 3 heterocycles. The molecule has 1 aromatic rings. The Bertz CT molecular complexity index is 459. The maximum Gasteiger partial charge on any atom is 0.137 e.